The summed E-state index contributed by atoms with van der Waals surface area (Å²) in [6.07, 6.45) is 0. The summed E-state index contributed by atoms with van der Waals surface area (Å²) in [7, 11) is 0. The average molecular weight is 117 g/mol. The van der Waals surface area contributed by atoms with E-state index in [1.807, 2.05) is 0 Å². The van der Waals surface area contributed by atoms with Crippen molar-refractivity contribution in [1.82, 2.24) is 0 Å². The van der Waals surface area contributed by atoms with Gasteiger partial charge in [-0.15, -0.1) is 0 Å². The first-order valence-electron chi connectivity index (χ1n) is 1.70. The molecular weight excluding hydrogens is 115 g/mol. The Morgan fingerprint density at radius 2 is 2.43 bits per heavy atom. The lowest BCUT2D eigenvalue weighted by Gasteiger charge is -1.69. The predicted molar refractivity (Wildman–Crippen MR) is 24.4 cm³/mol. The van der Waals surface area contributed by atoms with Crippen LogP contribution in [-0.4, -0.2) is 0 Å². The first kappa shape index (κ1) is 4.59. The zero-order chi connectivity index (χ0) is 5.28. The number of hydrogen-bond acceptors (Lipinski definition) is 1. The van der Waals surface area contributed by atoms with Gasteiger partial charge in [-0.1, -0.05) is 11.3 Å². The van der Waals surface area contributed by atoms with Gasteiger partial charge in [0.15, 0.2) is 5.82 Å². The van der Waals surface area contributed by atoms with E-state index in [-0.39, 0.29) is 0 Å². The fourth-order valence-electron chi connectivity index (χ4n) is 0.280. The van der Waals surface area contributed by atoms with Crippen molar-refractivity contribution in [3.05, 3.63) is 17.3 Å². The van der Waals surface area contributed by atoms with Crippen molar-refractivity contribution in [1.29, 1.82) is 0 Å². The SMILES string of the molecule is [O]c1sccc1F. The molecule has 37 valence electrons. The molecular formula is C4H2FOS. The number of hydrogen-bond donors (Lipinski definition) is 0. The second kappa shape index (κ2) is 1.50. The highest BCUT2D eigenvalue weighted by Crippen LogP contribution is 2.21. The predicted octanol–water partition coefficient (Wildman–Crippen LogP) is 2.03. The van der Waals surface area contributed by atoms with Gasteiger partial charge in [-0.3, -0.25) is 5.11 Å². The smallest absolute Gasteiger partial charge is 0.268 e. The zero-order valence-electron chi connectivity index (χ0n) is 3.35. The Morgan fingerprint density at radius 1 is 1.71 bits per heavy atom. The third-order valence-corrected chi connectivity index (χ3v) is 1.27. The van der Waals surface area contributed by atoms with Crippen LogP contribution in [-0.2, 0) is 5.11 Å². The van der Waals surface area contributed by atoms with Gasteiger partial charge in [-0.2, -0.15) is 0 Å². The highest BCUT2D eigenvalue weighted by Gasteiger charge is 1.98. The van der Waals surface area contributed by atoms with Crippen molar-refractivity contribution in [3.63, 3.8) is 0 Å². The van der Waals surface area contributed by atoms with Crippen molar-refractivity contribution in [2.45, 2.75) is 0 Å². The molecule has 1 aromatic heterocycles. The molecule has 0 atom stereocenters. The Labute approximate surface area is 44.0 Å². The van der Waals surface area contributed by atoms with Gasteiger partial charge in [0.25, 0.3) is 5.06 Å². The molecule has 1 aromatic rings. The second-order valence-corrected chi connectivity index (χ2v) is 1.93. The van der Waals surface area contributed by atoms with Gasteiger partial charge >= 0.3 is 0 Å². The van der Waals surface area contributed by atoms with Crippen molar-refractivity contribution in [3.8, 4) is 5.06 Å². The van der Waals surface area contributed by atoms with E-state index in [4.69, 9.17) is 0 Å². The molecule has 1 radical (unpaired) electrons. The molecule has 0 N–H and O–H groups in total. The molecule has 1 nitrogen and oxygen atoms in total. The Morgan fingerprint density at radius 3 is 2.57 bits per heavy atom. The van der Waals surface area contributed by atoms with E-state index in [2.05, 4.69) is 0 Å². The quantitative estimate of drug-likeness (QED) is 0.495. The highest BCUT2D eigenvalue weighted by atomic mass is 32.1. The van der Waals surface area contributed by atoms with Gasteiger partial charge in [0, 0.05) is 0 Å². The first-order chi connectivity index (χ1) is 3.30. The third-order valence-electron chi connectivity index (χ3n) is 0.584. The third kappa shape index (κ3) is 0.718. The van der Waals surface area contributed by atoms with Crippen LogP contribution in [0.15, 0.2) is 11.4 Å². The molecule has 0 spiro atoms. The van der Waals surface area contributed by atoms with Crippen LogP contribution in [0.5, 0.6) is 5.06 Å². The van der Waals surface area contributed by atoms with Crippen LogP contribution in [0.4, 0.5) is 4.39 Å². The fourth-order valence-corrected chi connectivity index (χ4v) is 0.772. The zero-order valence-corrected chi connectivity index (χ0v) is 4.17. The van der Waals surface area contributed by atoms with E-state index >= 15 is 0 Å². The Bertz CT molecular complexity index is 144. The van der Waals surface area contributed by atoms with Crippen LogP contribution in [0.25, 0.3) is 0 Å². The van der Waals surface area contributed by atoms with Crippen molar-refractivity contribution in [2.24, 2.45) is 0 Å². The Balaban J connectivity index is 3.12. The van der Waals surface area contributed by atoms with E-state index in [1.54, 1.807) is 0 Å². The number of thiophene rings is 1. The first-order valence-corrected chi connectivity index (χ1v) is 2.58. The lowest BCUT2D eigenvalue weighted by molar-refractivity contribution is 0.344. The van der Waals surface area contributed by atoms with Gasteiger partial charge < -0.3 is 0 Å². The number of rotatable bonds is 0. The minimum absolute atomic E-state index is 0.486. The molecule has 0 amide bonds. The molecule has 0 aliphatic heterocycles. The van der Waals surface area contributed by atoms with Gasteiger partial charge in [0.2, 0.25) is 0 Å². The minimum Gasteiger partial charge on any atom is -0.275 e. The van der Waals surface area contributed by atoms with Crippen LogP contribution in [0.3, 0.4) is 0 Å². The van der Waals surface area contributed by atoms with Gasteiger partial charge in [-0.05, 0) is 11.4 Å². The lowest BCUT2D eigenvalue weighted by atomic mass is 10.6. The monoisotopic (exact) mass is 117 g/mol. The summed E-state index contributed by atoms with van der Waals surface area (Å²) in [5, 5.41) is 11.0. The van der Waals surface area contributed by atoms with Crippen molar-refractivity contribution >= 4 is 11.3 Å². The maximum atomic E-state index is 11.8. The van der Waals surface area contributed by atoms with E-state index in [0.29, 0.717) is 0 Å². The summed E-state index contributed by atoms with van der Waals surface area (Å²) in [6.45, 7) is 0. The molecule has 0 aliphatic carbocycles. The lowest BCUT2D eigenvalue weighted by Crippen LogP contribution is -1.54. The summed E-state index contributed by atoms with van der Waals surface area (Å²) in [5.74, 6) is -0.648. The van der Waals surface area contributed by atoms with Gasteiger partial charge in [-0.25, -0.2) is 4.39 Å². The maximum Gasteiger partial charge on any atom is 0.268 e. The molecule has 0 saturated carbocycles. The molecule has 0 aromatic carbocycles. The normalized spacial score (nSPS) is 9.29. The summed E-state index contributed by atoms with van der Waals surface area (Å²) in [4.78, 5) is 0. The Kier molecular flexibility index (Phi) is 0.982. The summed E-state index contributed by atoms with van der Waals surface area (Å²) in [6, 6.07) is 1.16. The summed E-state index contributed by atoms with van der Waals surface area (Å²) < 4.78 is 11.8. The van der Waals surface area contributed by atoms with Crippen LogP contribution >= 0.6 is 11.3 Å². The van der Waals surface area contributed by atoms with Crippen molar-refractivity contribution < 1.29 is 9.50 Å². The van der Waals surface area contributed by atoms with Crippen LogP contribution in [0, 0.1) is 5.82 Å². The van der Waals surface area contributed by atoms with Crippen LogP contribution in [0.1, 0.15) is 0 Å². The molecule has 0 saturated heterocycles. The highest BCUT2D eigenvalue weighted by molar-refractivity contribution is 7.11. The molecule has 0 bridgehead atoms. The molecule has 0 unspecified atom stereocenters. The van der Waals surface area contributed by atoms with Crippen molar-refractivity contribution in [2.75, 3.05) is 0 Å². The molecule has 1 rings (SSSR count). The average Bonchev–Trinajstić information content (AvgIpc) is 1.91. The number of halogens is 1. The topological polar surface area (TPSA) is 19.9 Å². The largest absolute Gasteiger partial charge is 0.275 e. The van der Waals surface area contributed by atoms with Gasteiger partial charge in [0.1, 0.15) is 0 Å². The molecule has 0 aliphatic rings. The maximum absolute atomic E-state index is 11.8. The molecule has 7 heavy (non-hydrogen) atoms. The van der Waals surface area contributed by atoms with E-state index < -0.39 is 10.9 Å². The van der Waals surface area contributed by atoms with E-state index in [9.17, 15) is 9.50 Å². The molecule has 1 heterocycles. The van der Waals surface area contributed by atoms with E-state index in [1.165, 1.54) is 5.38 Å². The second-order valence-electron chi connectivity index (χ2n) is 1.06. The fraction of sp³-hybridized carbons (Fsp3) is 0. The molecule has 3 heteroatoms. The van der Waals surface area contributed by atoms with E-state index in [0.717, 1.165) is 17.4 Å². The van der Waals surface area contributed by atoms with Gasteiger partial charge in [0.05, 0.1) is 0 Å². The summed E-state index contributed by atoms with van der Waals surface area (Å²) >= 11 is 0.874. The van der Waals surface area contributed by atoms with Crippen LogP contribution < -0.4 is 0 Å². The Hall–Kier alpha value is -0.570. The molecule has 0 fully saturated rings. The van der Waals surface area contributed by atoms with Crippen LogP contribution in [0.2, 0.25) is 0 Å². The standard InChI is InChI=1S/C4H2FOS/c5-3-1-2-7-4(3)6/h1-2H. The minimum atomic E-state index is -0.648. The summed E-state index contributed by atoms with van der Waals surface area (Å²) in [5.41, 5.74) is 0.